The number of rotatable bonds is 1. The van der Waals surface area contributed by atoms with Gasteiger partial charge in [0.2, 0.25) is 0 Å². The van der Waals surface area contributed by atoms with Crippen LogP contribution in [0.4, 0.5) is 0 Å². The normalized spacial score (nSPS) is 37.6. The molecule has 0 heteroatoms. The second-order valence-electron chi connectivity index (χ2n) is 5.32. The Bertz CT molecular complexity index is 144. The van der Waals surface area contributed by atoms with Crippen molar-refractivity contribution in [3.8, 4) is 0 Å². The largest absolute Gasteiger partial charge is 0.0622 e. The Labute approximate surface area is 83.1 Å². The lowest BCUT2D eigenvalue weighted by Crippen LogP contribution is -2.26. The molecule has 0 aromatic heterocycles. The quantitative estimate of drug-likeness (QED) is 0.561. The van der Waals surface area contributed by atoms with Crippen LogP contribution >= 0.6 is 0 Å². The van der Waals surface area contributed by atoms with Crippen LogP contribution < -0.4 is 0 Å². The van der Waals surface area contributed by atoms with Crippen LogP contribution in [-0.4, -0.2) is 0 Å². The Morgan fingerprint density at radius 1 is 0.692 bits per heavy atom. The molecule has 0 amide bonds. The zero-order valence-electron chi connectivity index (χ0n) is 9.10. The summed E-state index contributed by atoms with van der Waals surface area (Å²) in [5.41, 5.74) is 0. The molecule has 13 heavy (non-hydrogen) atoms. The van der Waals surface area contributed by atoms with Gasteiger partial charge in [-0.05, 0) is 24.2 Å². The lowest BCUT2D eigenvalue weighted by Gasteiger charge is -2.37. The summed E-state index contributed by atoms with van der Waals surface area (Å²) >= 11 is 0. The molecule has 0 aromatic rings. The molecule has 2 aliphatic carbocycles. The highest BCUT2D eigenvalue weighted by molar-refractivity contribution is 4.80. The second-order valence-corrected chi connectivity index (χ2v) is 5.32. The Hall–Kier alpha value is 0. The molecule has 0 bridgehead atoms. The van der Waals surface area contributed by atoms with Gasteiger partial charge in [-0.15, -0.1) is 0 Å². The summed E-state index contributed by atoms with van der Waals surface area (Å²) in [5.74, 6) is 3.26. The molecule has 2 fully saturated rings. The van der Waals surface area contributed by atoms with Crippen molar-refractivity contribution in [3.63, 3.8) is 0 Å². The second kappa shape index (κ2) is 4.48. The monoisotopic (exact) mass is 180 g/mol. The van der Waals surface area contributed by atoms with E-state index in [1.54, 1.807) is 19.3 Å². The minimum absolute atomic E-state index is 1.04. The minimum Gasteiger partial charge on any atom is -0.0622 e. The first-order valence-corrected chi connectivity index (χ1v) is 6.38. The van der Waals surface area contributed by atoms with Crippen LogP contribution in [0.25, 0.3) is 0 Å². The Balaban J connectivity index is 1.88. The molecule has 0 saturated heterocycles. The van der Waals surface area contributed by atoms with E-state index in [1.807, 2.05) is 0 Å². The van der Waals surface area contributed by atoms with Crippen molar-refractivity contribution in [3.05, 3.63) is 0 Å². The zero-order valence-corrected chi connectivity index (χ0v) is 9.10. The summed E-state index contributed by atoms with van der Waals surface area (Å²) in [7, 11) is 0. The molecule has 0 radical (unpaired) electrons. The van der Waals surface area contributed by atoms with Crippen LogP contribution in [0.1, 0.15) is 64.7 Å². The SMILES string of the molecule is C[C@@H]1CCCC[C@@H]1C1CCCCC1. The summed E-state index contributed by atoms with van der Waals surface area (Å²) in [6, 6.07) is 0. The number of hydrogen-bond acceptors (Lipinski definition) is 0. The van der Waals surface area contributed by atoms with Gasteiger partial charge in [-0.3, -0.25) is 0 Å². The van der Waals surface area contributed by atoms with Crippen LogP contribution in [0.15, 0.2) is 0 Å². The predicted octanol–water partition coefficient (Wildman–Crippen LogP) is 4.39. The summed E-state index contributed by atoms with van der Waals surface area (Å²) in [6.45, 7) is 2.50. The number of hydrogen-bond donors (Lipinski definition) is 0. The summed E-state index contributed by atoms with van der Waals surface area (Å²) in [4.78, 5) is 0. The van der Waals surface area contributed by atoms with E-state index in [1.165, 1.54) is 38.5 Å². The Morgan fingerprint density at radius 3 is 2.00 bits per heavy atom. The molecule has 2 atom stereocenters. The van der Waals surface area contributed by atoms with Gasteiger partial charge in [0, 0.05) is 0 Å². The average Bonchev–Trinajstić information content (AvgIpc) is 2.20. The van der Waals surface area contributed by atoms with Gasteiger partial charge in [0.05, 0.1) is 0 Å². The van der Waals surface area contributed by atoms with Gasteiger partial charge in [-0.1, -0.05) is 58.3 Å². The summed E-state index contributed by atoms with van der Waals surface area (Å²) in [6.07, 6.45) is 13.7. The van der Waals surface area contributed by atoms with E-state index in [0.29, 0.717) is 0 Å². The van der Waals surface area contributed by atoms with Crippen molar-refractivity contribution in [1.82, 2.24) is 0 Å². The van der Waals surface area contributed by atoms with E-state index in [-0.39, 0.29) is 0 Å². The molecule has 0 N–H and O–H groups in total. The van der Waals surface area contributed by atoms with E-state index in [0.717, 1.165) is 17.8 Å². The third-order valence-corrected chi connectivity index (χ3v) is 4.43. The zero-order chi connectivity index (χ0) is 9.10. The van der Waals surface area contributed by atoms with Crippen LogP contribution in [-0.2, 0) is 0 Å². The molecule has 0 spiro atoms. The first-order valence-electron chi connectivity index (χ1n) is 6.38. The van der Waals surface area contributed by atoms with Crippen molar-refractivity contribution in [2.24, 2.45) is 17.8 Å². The van der Waals surface area contributed by atoms with Crippen molar-refractivity contribution in [1.29, 1.82) is 0 Å². The van der Waals surface area contributed by atoms with Gasteiger partial charge in [0.1, 0.15) is 0 Å². The molecule has 0 aliphatic heterocycles. The lowest BCUT2D eigenvalue weighted by molar-refractivity contribution is 0.140. The lowest BCUT2D eigenvalue weighted by atomic mass is 9.69. The maximum atomic E-state index is 2.50. The van der Waals surface area contributed by atoms with E-state index in [2.05, 4.69) is 6.92 Å². The standard InChI is InChI=1S/C13H24/c1-11-7-5-6-10-13(11)12-8-3-2-4-9-12/h11-13H,2-10H2,1H3/t11-,13+/m1/s1. The van der Waals surface area contributed by atoms with Gasteiger partial charge in [-0.2, -0.15) is 0 Å². The van der Waals surface area contributed by atoms with Gasteiger partial charge in [0.15, 0.2) is 0 Å². The fraction of sp³-hybridized carbons (Fsp3) is 1.00. The first-order chi connectivity index (χ1) is 6.38. The molecule has 2 saturated carbocycles. The summed E-state index contributed by atoms with van der Waals surface area (Å²) in [5, 5.41) is 0. The molecule has 2 aliphatic rings. The third kappa shape index (κ3) is 2.27. The van der Waals surface area contributed by atoms with E-state index < -0.39 is 0 Å². The predicted molar refractivity (Wildman–Crippen MR) is 57.7 cm³/mol. The summed E-state index contributed by atoms with van der Waals surface area (Å²) < 4.78 is 0. The van der Waals surface area contributed by atoms with Gasteiger partial charge in [-0.25, -0.2) is 0 Å². The Kier molecular flexibility index (Phi) is 3.29. The first kappa shape index (κ1) is 9.55. The van der Waals surface area contributed by atoms with Crippen molar-refractivity contribution in [2.45, 2.75) is 64.7 Å². The van der Waals surface area contributed by atoms with Crippen molar-refractivity contribution < 1.29 is 0 Å². The van der Waals surface area contributed by atoms with Crippen LogP contribution in [0.5, 0.6) is 0 Å². The smallest absolute Gasteiger partial charge is 0.0360 e. The van der Waals surface area contributed by atoms with Crippen molar-refractivity contribution >= 4 is 0 Å². The molecule has 0 heterocycles. The van der Waals surface area contributed by atoms with E-state index in [9.17, 15) is 0 Å². The highest BCUT2D eigenvalue weighted by atomic mass is 14.3. The average molecular weight is 180 g/mol. The van der Waals surface area contributed by atoms with Gasteiger partial charge >= 0.3 is 0 Å². The maximum Gasteiger partial charge on any atom is -0.0360 e. The van der Waals surface area contributed by atoms with E-state index >= 15 is 0 Å². The van der Waals surface area contributed by atoms with Crippen molar-refractivity contribution in [2.75, 3.05) is 0 Å². The van der Waals surface area contributed by atoms with E-state index in [4.69, 9.17) is 0 Å². The molecule has 2 rings (SSSR count). The molecule has 76 valence electrons. The maximum absolute atomic E-state index is 2.50. The van der Waals surface area contributed by atoms with Crippen LogP contribution in [0, 0.1) is 17.8 Å². The molecule has 0 nitrogen and oxygen atoms in total. The van der Waals surface area contributed by atoms with Gasteiger partial charge in [0.25, 0.3) is 0 Å². The fourth-order valence-corrected chi connectivity index (χ4v) is 3.61. The minimum atomic E-state index is 1.04. The molecular formula is C13H24. The fourth-order valence-electron chi connectivity index (χ4n) is 3.61. The highest BCUT2D eigenvalue weighted by Gasteiger charge is 2.29. The molecule has 0 unspecified atom stereocenters. The van der Waals surface area contributed by atoms with Crippen LogP contribution in [0.3, 0.4) is 0 Å². The molecule has 0 aromatic carbocycles. The highest BCUT2D eigenvalue weighted by Crippen LogP contribution is 2.41. The van der Waals surface area contributed by atoms with Crippen LogP contribution in [0.2, 0.25) is 0 Å². The third-order valence-electron chi connectivity index (χ3n) is 4.43. The topological polar surface area (TPSA) is 0 Å². The Morgan fingerprint density at radius 2 is 1.31 bits per heavy atom. The molecular weight excluding hydrogens is 156 g/mol. The van der Waals surface area contributed by atoms with Gasteiger partial charge < -0.3 is 0 Å².